The van der Waals surface area contributed by atoms with E-state index in [-0.39, 0.29) is 11.4 Å². The fraction of sp³-hybridized carbons (Fsp3) is 0.400. The molecule has 1 heterocycles. The maximum absolute atomic E-state index is 10.8. The number of hydrogen-bond donors (Lipinski definition) is 1. The second-order valence-corrected chi connectivity index (χ2v) is 1.90. The van der Waals surface area contributed by atoms with Gasteiger partial charge in [0.15, 0.2) is 5.69 Å². The van der Waals surface area contributed by atoms with E-state index >= 15 is 0 Å². The number of carbonyl (C=O) groups excluding carboxylic acids is 1. The third kappa shape index (κ3) is 1.14. The van der Waals surface area contributed by atoms with Crippen molar-refractivity contribution in [1.29, 1.82) is 0 Å². The molecule has 60 valence electrons. The Morgan fingerprint density at radius 1 is 1.73 bits per heavy atom. The number of carbonyl (C=O) groups is 1. The van der Waals surface area contributed by atoms with Crippen LogP contribution in [0.5, 0.6) is 0 Å². The minimum atomic E-state index is -0.609. The average Bonchev–Trinajstić information content (AvgIpc) is 2.32. The summed E-state index contributed by atoms with van der Waals surface area (Å²) in [5.41, 5.74) is 0.284. The van der Waals surface area contributed by atoms with Crippen LogP contribution in [0.15, 0.2) is 0 Å². The maximum Gasteiger partial charge on any atom is 0.360 e. The third-order valence-electron chi connectivity index (χ3n) is 1.25. The van der Waals surface area contributed by atoms with Gasteiger partial charge in [0.05, 0.1) is 7.11 Å². The van der Waals surface area contributed by atoms with E-state index in [2.05, 4.69) is 15.0 Å². The molecule has 1 N–H and O–H groups in total. The predicted octanol–water partition coefficient (Wildman–Crippen LogP) is -0.390. The molecule has 0 aliphatic carbocycles. The highest BCUT2D eigenvalue weighted by Gasteiger charge is 2.15. The quantitative estimate of drug-likeness (QED) is 0.443. The van der Waals surface area contributed by atoms with Crippen molar-refractivity contribution in [2.24, 2.45) is 0 Å². The molecular weight excluding hydrogens is 150 g/mol. The van der Waals surface area contributed by atoms with Crippen LogP contribution in [0.1, 0.15) is 16.2 Å². The highest BCUT2D eigenvalue weighted by atomic mass is 16.5. The molecule has 0 bridgehead atoms. The average molecular weight is 157 g/mol. The maximum atomic E-state index is 10.8. The van der Waals surface area contributed by atoms with E-state index in [4.69, 9.17) is 5.21 Å². The van der Waals surface area contributed by atoms with Crippen molar-refractivity contribution in [2.75, 3.05) is 7.11 Å². The monoisotopic (exact) mass is 157 g/mol. The Hall–Kier alpha value is -1.59. The van der Waals surface area contributed by atoms with Crippen molar-refractivity contribution in [3.63, 3.8) is 0 Å². The van der Waals surface area contributed by atoms with Gasteiger partial charge in [0, 0.05) is 0 Å². The lowest BCUT2D eigenvalue weighted by atomic mass is 10.3. The largest absolute Gasteiger partial charge is 0.464 e. The van der Waals surface area contributed by atoms with Gasteiger partial charge in [-0.1, -0.05) is 4.85 Å². The molecule has 0 radical (unpaired) electrons. The number of ether oxygens (including phenoxy) is 1. The molecular formula is C5H7N3O3. The van der Waals surface area contributed by atoms with Crippen LogP contribution in [0.4, 0.5) is 0 Å². The van der Waals surface area contributed by atoms with E-state index in [9.17, 15) is 4.79 Å². The molecule has 0 unspecified atom stereocenters. The van der Waals surface area contributed by atoms with Crippen molar-refractivity contribution in [3.8, 4) is 0 Å². The van der Waals surface area contributed by atoms with Gasteiger partial charge in [0.2, 0.25) is 0 Å². The third-order valence-corrected chi connectivity index (χ3v) is 1.25. The van der Waals surface area contributed by atoms with Crippen LogP contribution >= 0.6 is 0 Å². The highest BCUT2D eigenvalue weighted by molar-refractivity contribution is 5.87. The van der Waals surface area contributed by atoms with Crippen LogP contribution in [-0.4, -0.2) is 33.4 Å². The molecule has 0 aromatic carbocycles. The van der Waals surface area contributed by atoms with Gasteiger partial charge in [0.1, 0.15) is 5.69 Å². The first kappa shape index (κ1) is 7.52. The zero-order valence-corrected chi connectivity index (χ0v) is 6.11. The van der Waals surface area contributed by atoms with Crippen molar-refractivity contribution in [2.45, 2.75) is 6.92 Å². The van der Waals surface area contributed by atoms with Crippen LogP contribution in [0, 0.1) is 6.92 Å². The van der Waals surface area contributed by atoms with E-state index in [0.717, 1.165) is 0 Å². The normalized spacial score (nSPS) is 9.64. The number of aromatic nitrogens is 3. The van der Waals surface area contributed by atoms with Gasteiger partial charge in [-0.3, -0.25) is 0 Å². The van der Waals surface area contributed by atoms with E-state index in [1.165, 1.54) is 14.0 Å². The molecule has 1 rings (SSSR count). The summed E-state index contributed by atoms with van der Waals surface area (Å²) in [5, 5.41) is 15.4. The second kappa shape index (κ2) is 2.57. The molecule has 11 heavy (non-hydrogen) atoms. The van der Waals surface area contributed by atoms with Crippen molar-refractivity contribution >= 4 is 5.97 Å². The predicted molar refractivity (Wildman–Crippen MR) is 33.3 cm³/mol. The number of hydrogen-bond acceptors (Lipinski definition) is 5. The Kier molecular flexibility index (Phi) is 1.75. The second-order valence-electron chi connectivity index (χ2n) is 1.90. The minimum Gasteiger partial charge on any atom is -0.464 e. The molecule has 6 heteroatoms. The summed E-state index contributed by atoms with van der Waals surface area (Å²) in [6.07, 6.45) is 0. The van der Waals surface area contributed by atoms with E-state index in [1.54, 1.807) is 0 Å². The topological polar surface area (TPSA) is 77.2 Å². The Labute approximate surface area is 62.3 Å². The van der Waals surface area contributed by atoms with Crippen molar-refractivity contribution in [3.05, 3.63) is 11.4 Å². The minimum absolute atomic E-state index is 0.0231. The van der Waals surface area contributed by atoms with Crippen LogP contribution in [0.3, 0.4) is 0 Å². The molecule has 0 saturated carbocycles. The fourth-order valence-electron chi connectivity index (χ4n) is 0.606. The Balaban J connectivity index is 3.04. The van der Waals surface area contributed by atoms with E-state index in [1.807, 2.05) is 0 Å². The number of methoxy groups -OCH3 is 1. The summed E-state index contributed by atoms with van der Waals surface area (Å²) >= 11 is 0. The van der Waals surface area contributed by atoms with Gasteiger partial charge in [-0.05, 0) is 12.1 Å². The molecule has 0 amide bonds. The summed E-state index contributed by atoms with van der Waals surface area (Å²) < 4.78 is 4.36. The van der Waals surface area contributed by atoms with Gasteiger partial charge in [0.25, 0.3) is 0 Å². The molecule has 0 atom stereocenters. The number of esters is 1. The summed E-state index contributed by atoms with van der Waals surface area (Å²) in [6.45, 7) is 1.51. The van der Waals surface area contributed by atoms with Gasteiger partial charge in [-0.15, -0.1) is 5.10 Å². The first-order valence-corrected chi connectivity index (χ1v) is 2.86. The van der Waals surface area contributed by atoms with E-state index < -0.39 is 5.97 Å². The molecule has 1 aromatic rings. The van der Waals surface area contributed by atoms with Crippen molar-refractivity contribution < 1.29 is 14.7 Å². The Morgan fingerprint density at radius 3 is 2.73 bits per heavy atom. The summed E-state index contributed by atoms with van der Waals surface area (Å²) in [4.78, 5) is 11.3. The first-order chi connectivity index (χ1) is 5.16. The molecule has 1 aromatic heterocycles. The summed E-state index contributed by atoms with van der Waals surface area (Å²) in [7, 11) is 1.23. The Bertz CT molecular complexity index is 281. The van der Waals surface area contributed by atoms with Gasteiger partial charge in [-0.2, -0.15) is 0 Å². The first-order valence-electron chi connectivity index (χ1n) is 2.86. The standard InChI is InChI=1S/C5H7N3O3/c1-3-4(5(9)11-2)6-7-8(3)10/h10H,1-2H3. The summed E-state index contributed by atoms with van der Waals surface area (Å²) in [5.74, 6) is -0.609. The molecule has 0 aliphatic rings. The van der Waals surface area contributed by atoms with Gasteiger partial charge in [-0.25, -0.2) is 4.79 Å². The molecule has 0 spiro atoms. The van der Waals surface area contributed by atoms with Crippen LogP contribution in [0.25, 0.3) is 0 Å². The number of rotatable bonds is 1. The lowest BCUT2D eigenvalue weighted by Gasteiger charge is -1.93. The fourth-order valence-corrected chi connectivity index (χ4v) is 0.606. The van der Waals surface area contributed by atoms with Crippen LogP contribution in [-0.2, 0) is 4.74 Å². The SMILES string of the molecule is COC(=O)c1nnn(O)c1C. The molecule has 0 aliphatic heterocycles. The molecule has 0 fully saturated rings. The van der Waals surface area contributed by atoms with E-state index in [0.29, 0.717) is 4.85 Å². The Morgan fingerprint density at radius 2 is 2.36 bits per heavy atom. The number of nitrogens with zero attached hydrogens (tertiary/aromatic N) is 3. The highest BCUT2D eigenvalue weighted by Crippen LogP contribution is 2.01. The van der Waals surface area contributed by atoms with Crippen LogP contribution < -0.4 is 0 Å². The lowest BCUT2D eigenvalue weighted by Crippen LogP contribution is -2.04. The van der Waals surface area contributed by atoms with Gasteiger partial charge >= 0.3 is 5.97 Å². The van der Waals surface area contributed by atoms with Gasteiger partial charge < -0.3 is 9.94 Å². The zero-order chi connectivity index (χ0) is 8.43. The zero-order valence-electron chi connectivity index (χ0n) is 6.11. The summed E-state index contributed by atoms with van der Waals surface area (Å²) in [6, 6.07) is 0. The lowest BCUT2D eigenvalue weighted by molar-refractivity contribution is 0.0591. The van der Waals surface area contributed by atoms with Crippen LogP contribution in [0.2, 0.25) is 0 Å². The smallest absolute Gasteiger partial charge is 0.360 e. The van der Waals surface area contributed by atoms with Crippen molar-refractivity contribution in [1.82, 2.24) is 15.2 Å². The molecule has 6 nitrogen and oxygen atoms in total. The molecule has 0 saturated heterocycles.